The summed E-state index contributed by atoms with van der Waals surface area (Å²) in [5.41, 5.74) is 0.905. The van der Waals surface area contributed by atoms with Crippen LogP contribution in [0, 0.1) is 10.1 Å². The number of pyridine rings is 1. The number of carbonyl (C=O) groups is 1. The van der Waals surface area contributed by atoms with Crippen molar-refractivity contribution in [2.75, 3.05) is 29.9 Å². The minimum Gasteiger partial charge on any atom is -0.356 e. The molecule has 0 N–H and O–H groups in total. The fraction of sp³-hybridized carbons (Fsp3) is 0.286. The average molecular weight is 301 g/mol. The SMILES string of the molecule is CN1CCN(C(=O)c2cc([N+](=O)[O-])cn2C)c2cccnc21. The lowest BCUT2D eigenvalue weighted by atomic mass is 10.2. The zero-order chi connectivity index (χ0) is 15.9. The molecule has 0 aromatic carbocycles. The number of aromatic nitrogens is 2. The van der Waals surface area contributed by atoms with Crippen LogP contribution in [0.15, 0.2) is 30.6 Å². The van der Waals surface area contributed by atoms with Crippen LogP contribution in [0.2, 0.25) is 0 Å². The van der Waals surface area contributed by atoms with E-state index in [1.54, 1.807) is 24.2 Å². The molecule has 3 heterocycles. The highest BCUT2D eigenvalue weighted by atomic mass is 16.6. The molecule has 1 amide bonds. The van der Waals surface area contributed by atoms with Crippen molar-refractivity contribution in [3.8, 4) is 0 Å². The lowest BCUT2D eigenvalue weighted by molar-refractivity contribution is -0.384. The molecule has 0 unspecified atom stereocenters. The van der Waals surface area contributed by atoms with Gasteiger partial charge in [0, 0.05) is 39.4 Å². The number of amides is 1. The van der Waals surface area contributed by atoms with Crippen LogP contribution < -0.4 is 9.80 Å². The van der Waals surface area contributed by atoms with Crippen molar-refractivity contribution in [1.29, 1.82) is 0 Å². The van der Waals surface area contributed by atoms with Crippen LogP contribution in [0.3, 0.4) is 0 Å². The molecule has 114 valence electrons. The molecule has 0 aliphatic carbocycles. The number of anilines is 2. The third kappa shape index (κ3) is 2.18. The summed E-state index contributed by atoms with van der Waals surface area (Å²) >= 11 is 0. The summed E-state index contributed by atoms with van der Waals surface area (Å²) in [6.07, 6.45) is 3.02. The van der Waals surface area contributed by atoms with E-state index in [0.29, 0.717) is 18.8 Å². The van der Waals surface area contributed by atoms with E-state index in [2.05, 4.69) is 4.98 Å². The zero-order valence-corrected chi connectivity index (χ0v) is 12.3. The van der Waals surface area contributed by atoms with Crippen LogP contribution in [-0.2, 0) is 7.05 Å². The van der Waals surface area contributed by atoms with Crippen molar-refractivity contribution in [3.63, 3.8) is 0 Å². The molecule has 8 nitrogen and oxygen atoms in total. The normalized spacial score (nSPS) is 13.9. The van der Waals surface area contributed by atoms with Crippen molar-refractivity contribution in [2.24, 2.45) is 7.05 Å². The monoisotopic (exact) mass is 301 g/mol. The standard InChI is InChI=1S/C14H15N5O3/c1-16-6-7-18(11-4-3-5-15-13(11)16)14(20)12-8-10(19(21)22)9-17(12)2/h3-5,8-9H,6-7H2,1-2H3. The molecule has 2 aromatic rings. The summed E-state index contributed by atoms with van der Waals surface area (Å²) in [5.74, 6) is 0.462. The number of hydrogen-bond acceptors (Lipinski definition) is 5. The van der Waals surface area contributed by atoms with Gasteiger partial charge in [-0.2, -0.15) is 0 Å². The number of nitrogens with zero attached hydrogens (tertiary/aromatic N) is 5. The second-order valence-corrected chi connectivity index (χ2v) is 5.18. The lowest BCUT2D eigenvalue weighted by Crippen LogP contribution is -2.43. The number of fused-ring (bicyclic) bond motifs is 1. The predicted octanol–water partition coefficient (Wildman–Crippen LogP) is 1.42. The second-order valence-electron chi connectivity index (χ2n) is 5.18. The van der Waals surface area contributed by atoms with Gasteiger partial charge in [-0.25, -0.2) is 4.98 Å². The van der Waals surface area contributed by atoms with Gasteiger partial charge in [0.2, 0.25) is 0 Å². The van der Waals surface area contributed by atoms with Gasteiger partial charge in [-0.3, -0.25) is 14.9 Å². The first-order chi connectivity index (χ1) is 10.5. The fourth-order valence-electron chi connectivity index (χ4n) is 2.58. The first kappa shape index (κ1) is 14.1. The second kappa shape index (κ2) is 5.14. The van der Waals surface area contributed by atoms with Crippen LogP contribution in [-0.4, -0.2) is 40.5 Å². The first-order valence-corrected chi connectivity index (χ1v) is 6.78. The van der Waals surface area contributed by atoms with E-state index >= 15 is 0 Å². The Hall–Kier alpha value is -2.90. The Morgan fingerprint density at radius 3 is 2.82 bits per heavy atom. The summed E-state index contributed by atoms with van der Waals surface area (Å²) in [4.78, 5) is 31.0. The molecule has 1 aliphatic heterocycles. The number of rotatable bonds is 2. The first-order valence-electron chi connectivity index (χ1n) is 6.78. The molecule has 1 aliphatic rings. The van der Waals surface area contributed by atoms with Crippen LogP contribution in [0.5, 0.6) is 0 Å². The van der Waals surface area contributed by atoms with Gasteiger partial charge in [-0.1, -0.05) is 0 Å². The third-order valence-corrected chi connectivity index (χ3v) is 3.74. The molecule has 0 bridgehead atoms. The van der Waals surface area contributed by atoms with E-state index in [9.17, 15) is 14.9 Å². The molecule has 3 rings (SSSR count). The van der Waals surface area contributed by atoms with Gasteiger partial charge >= 0.3 is 0 Å². The van der Waals surface area contributed by atoms with Crippen LogP contribution in [0.1, 0.15) is 10.5 Å². The summed E-state index contributed by atoms with van der Waals surface area (Å²) in [6.45, 7) is 1.16. The number of carbonyl (C=O) groups excluding carboxylic acids is 1. The maximum absolute atomic E-state index is 12.8. The molecule has 0 radical (unpaired) electrons. The van der Waals surface area contributed by atoms with Crippen LogP contribution >= 0.6 is 0 Å². The molecule has 0 saturated heterocycles. The molecule has 0 spiro atoms. The molecule has 0 fully saturated rings. The Morgan fingerprint density at radius 2 is 2.14 bits per heavy atom. The van der Waals surface area contributed by atoms with Gasteiger partial charge in [-0.15, -0.1) is 0 Å². The van der Waals surface area contributed by atoms with E-state index in [4.69, 9.17) is 0 Å². The van der Waals surface area contributed by atoms with E-state index in [0.717, 1.165) is 5.82 Å². The smallest absolute Gasteiger partial charge is 0.287 e. The number of likely N-dealkylation sites (N-methyl/N-ethyl adjacent to an activating group) is 1. The number of hydrogen-bond donors (Lipinski definition) is 0. The number of aryl methyl sites for hydroxylation is 1. The highest BCUT2D eigenvalue weighted by Crippen LogP contribution is 2.31. The summed E-state index contributed by atoms with van der Waals surface area (Å²) < 4.78 is 1.48. The average Bonchev–Trinajstić information content (AvgIpc) is 2.90. The third-order valence-electron chi connectivity index (χ3n) is 3.74. The highest BCUT2D eigenvalue weighted by molar-refractivity contribution is 6.07. The van der Waals surface area contributed by atoms with Crippen molar-refractivity contribution >= 4 is 23.1 Å². The van der Waals surface area contributed by atoms with Crippen molar-refractivity contribution in [1.82, 2.24) is 9.55 Å². The maximum Gasteiger partial charge on any atom is 0.287 e. The van der Waals surface area contributed by atoms with Crippen LogP contribution in [0.4, 0.5) is 17.2 Å². The highest BCUT2D eigenvalue weighted by Gasteiger charge is 2.29. The quantitative estimate of drug-likeness (QED) is 0.618. The Labute approximate surface area is 126 Å². The van der Waals surface area contributed by atoms with Crippen molar-refractivity contribution < 1.29 is 9.72 Å². The van der Waals surface area contributed by atoms with Gasteiger partial charge in [-0.05, 0) is 12.1 Å². The molecule has 0 atom stereocenters. The van der Waals surface area contributed by atoms with E-state index in [1.807, 2.05) is 18.0 Å². The number of nitro groups is 1. The summed E-state index contributed by atoms with van der Waals surface area (Å²) in [5, 5.41) is 10.9. The fourth-order valence-corrected chi connectivity index (χ4v) is 2.58. The Bertz CT molecular complexity index is 755. The van der Waals surface area contributed by atoms with E-state index < -0.39 is 4.92 Å². The van der Waals surface area contributed by atoms with Gasteiger partial charge in [0.15, 0.2) is 5.82 Å². The molecular formula is C14H15N5O3. The predicted molar refractivity (Wildman–Crippen MR) is 81.3 cm³/mol. The van der Waals surface area contributed by atoms with Crippen LogP contribution in [0.25, 0.3) is 0 Å². The minimum absolute atomic E-state index is 0.0913. The topological polar surface area (TPSA) is 84.5 Å². The van der Waals surface area contributed by atoms with Crippen molar-refractivity contribution in [2.45, 2.75) is 0 Å². The van der Waals surface area contributed by atoms with Gasteiger partial charge in [0.1, 0.15) is 5.69 Å². The van der Waals surface area contributed by atoms with Gasteiger partial charge in [0.25, 0.3) is 11.6 Å². The van der Waals surface area contributed by atoms with Gasteiger partial charge < -0.3 is 14.4 Å². The largest absolute Gasteiger partial charge is 0.356 e. The summed E-state index contributed by atoms with van der Waals surface area (Å²) in [6, 6.07) is 4.90. The lowest BCUT2D eigenvalue weighted by Gasteiger charge is -2.34. The summed E-state index contributed by atoms with van der Waals surface area (Å²) in [7, 11) is 3.54. The molecule has 22 heavy (non-hydrogen) atoms. The van der Waals surface area contributed by atoms with Crippen molar-refractivity contribution in [3.05, 3.63) is 46.4 Å². The van der Waals surface area contributed by atoms with E-state index in [1.165, 1.54) is 16.8 Å². The minimum atomic E-state index is -0.504. The Morgan fingerprint density at radius 1 is 1.36 bits per heavy atom. The van der Waals surface area contributed by atoms with E-state index in [-0.39, 0.29) is 17.3 Å². The zero-order valence-electron chi connectivity index (χ0n) is 12.3. The maximum atomic E-state index is 12.8. The Kier molecular flexibility index (Phi) is 3.28. The molecular weight excluding hydrogens is 286 g/mol. The molecule has 2 aromatic heterocycles. The molecule has 8 heteroatoms. The molecule has 0 saturated carbocycles. The Balaban J connectivity index is 2.00. The van der Waals surface area contributed by atoms with Gasteiger partial charge in [0.05, 0.1) is 16.8 Å².